The van der Waals surface area contributed by atoms with Crippen molar-refractivity contribution in [2.75, 3.05) is 0 Å². The molecule has 0 radical (unpaired) electrons. The monoisotopic (exact) mass is 387 g/mol. The van der Waals surface area contributed by atoms with Gasteiger partial charge >= 0.3 is 0 Å². The van der Waals surface area contributed by atoms with Gasteiger partial charge in [0.1, 0.15) is 0 Å². The zero-order valence-electron chi connectivity index (χ0n) is 16.0. The summed E-state index contributed by atoms with van der Waals surface area (Å²) in [6.45, 7) is 4.68. The summed E-state index contributed by atoms with van der Waals surface area (Å²) >= 11 is 0. The lowest BCUT2D eigenvalue weighted by molar-refractivity contribution is 0.377. The van der Waals surface area contributed by atoms with E-state index in [2.05, 4.69) is 25.4 Å². The molecular formula is C21H18FN7. The third kappa shape index (κ3) is 3.02. The fraction of sp³-hybridized carbons (Fsp3) is 0.190. The van der Waals surface area contributed by atoms with E-state index in [9.17, 15) is 0 Å². The fourth-order valence-electron chi connectivity index (χ4n) is 3.36. The summed E-state index contributed by atoms with van der Waals surface area (Å²) in [6, 6.07) is 10.9. The SMILES string of the molecule is CCn1cc(-c2cnc3ccc(C(F)c4nnc5ccc(C)nn45)cc3c2)cn1. The van der Waals surface area contributed by atoms with E-state index in [1.807, 2.05) is 55.3 Å². The molecule has 1 aromatic carbocycles. The molecule has 0 bridgehead atoms. The molecule has 0 aliphatic rings. The average molecular weight is 387 g/mol. The summed E-state index contributed by atoms with van der Waals surface area (Å²) in [7, 11) is 0. The summed E-state index contributed by atoms with van der Waals surface area (Å²) in [5.74, 6) is 0.163. The van der Waals surface area contributed by atoms with E-state index < -0.39 is 6.17 Å². The number of nitrogens with zero attached hydrogens (tertiary/aromatic N) is 7. The third-order valence-corrected chi connectivity index (χ3v) is 4.94. The summed E-state index contributed by atoms with van der Waals surface area (Å²) in [5.41, 5.74) is 4.49. The van der Waals surface area contributed by atoms with Gasteiger partial charge in [0.25, 0.3) is 0 Å². The highest BCUT2D eigenvalue weighted by Gasteiger charge is 2.21. The predicted molar refractivity (Wildman–Crippen MR) is 107 cm³/mol. The Morgan fingerprint density at radius 3 is 2.76 bits per heavy atom. The minimum atomic E-state index is -1.45. The van der Waals surface area contributed by atoms with Crippen LogP contribution in [0.4, 0.5) is 4.39 Å². The van der Waals surface area contributed by atoms with E-state index in [0.29, 0.717) is 11.2 Å². The van der Waals surface area contributed by atoms with Crippen LogP contribution in [0.25, 0.3) is 27.7 Å². The number of alkyl halides is 1. The van der Waals surface area contributed by atoms with Gasteiger partial charge in [0.15, 0.2) is 17.6 Å². The molecule has 0 saturated heterocycles. The first-order valence-corrected chi connectivity index (χ1v) is 9.38. The minimum absolute atomic E-state index is 0.163. The lowest BCUT2D eigenvalue weighted by Crippen LogP contribution is -2.04. The van der Waals surface area contributed by atoms with Gasteiger partial charge in [-0.3, -0.25) is 9.67 Å². The molecule has 5 rings (SSSR count). The lowest BCUT2D eigenvalue weighted by atomic mass is 10.0. The highest BCUT2D eigenvalue weighted by atomic mass is 19.1. The molecule has 5 aromatic rings. The van der Waals surface area contributed by atoms with Crippen LogP contribution in [0, 0.1) is 6.92 Å². The second kappa shape index (κ2) is 6.73. The van der Waals surface area contributed by atoms with Crippen LogP contribution in [-0.4, -0.2) is 34.6 Å². The Morgan fingerprint density at radius 1 is 1.03 bits per heavy atom. The van der Waals surface area contributed by atoms with E-state index >= 15 is 4.39 Å². The first-order chi connectivity index (χ1) is 14.1. The number of pyridine rings is 1. The van der Waals surface area contributed by atoms with Crippen LogP contribution in [0.1, 0.15) is 30.2 Å². The van der Waals surface area contributed by atoms with Crippen LogP contribution in [0.3, 0.4) is 0 Å². The second-order valence-electron chi connectivity index (χ2n) is 6.93. The average Bonchev–Trinajstić information content (AvgIpc) is 3.39. The Bertz CT molecular complexity index is 1340. The lowest BCUT2D eigenvalue weighted by Gasteiger charge is -2.09. The van der Waals surface area contributed by atoms with Crippen LogP contribution in [0.5, 0.6) is 0 Å². The van der Waals surface area contributed by atoms with Crippen molar-refractivity contribution in [1.29, 1.82) is 0 Å². The molecule has 0 aliphatic heterocycles. The number of hydrogen-bond donors (Lipinski definition) is 0. The zero-order valence-corrected chi connectivity index (χ0v) is 16.0. The largest absolute Gasteiger partial charge is 0.272 e. The number of aryl methyl sites for hydroxylation is 2. The van der Waals surface area contributed by atoms with Crippen LogP contribution >= 0.6 is 0 Å². The first-order valence-electron chi connectivity index (χ1n) is 9.38. The minimum Gasteiger partial charge on any atom is -0.272 e. The van der Waals surface area contributed by atoms with Crippen LogP contribution in [-0.2, 0) is 6.54 Å². The number of halogens is 1. The van der Waals surface area contributed by atoms with Gasteiger partial charge in [0, 0.05) is 35.5 Å². The molecule has 29 heavy (non-hydrogen) atoms. The normalized spacial score (nSPS) is 12.7. The predicted octanol–water partition coefficient (Wildman–Crippen LogP) is 3.92. The molecule has 0 spiro atoms. The van der Waals surface area contributed by atoms with Crippen molar-refractivity contribution >= 4 is 16.6 Å². The molecule has 7 nitrogen and oxygen atoms in total. The Balaban J connectivity index is 1.56. The van der Waals surface area contributed by atoms with Gasteiger partial charge in [0.05, 0.1) is 17.4 Å². The number of rotatable bonds is 4. The van der Waals surface area contributed by atoms with E-state index in [4.69, 9.17) is 0 Å². The summed E-state index contributed by atoms with van der Waals surface area (Å²) in [5, 5.41) is 17.5. The van der Waals surface area contributed by atoms with Gasteiger partial charge in [-0.2, -0.15) is 14.7 Å². The van der Waals surface area contributed by atoms with Gasteiger partial charge in [-0.15, -0.1) is 10.2 Å². The second-order valence-corrected chi connectivity index (χ2v) is 6.93. The van der Waals surface area contributed by atoms with E-state index in [-0.39, 0.29) is 5.82 Å². The molecule has 0 amide bonds. The molecule has 144 valence electrons. The van der Waals surface area contributed by atoms with Crippen molar-refractivity contribution in [2.45, 2.75) is 26.6 Å². The van der Waals surface area contributed by atoms with Gasteiger partial charge in [-0.05, 0) is 49.7 Å². The molecule has 4 heterocycles. The fourth-order valence-corrected chi connectivity index (χ4v) is 3.36. The smallest absolute Gasteiger partial charge is 0.193 e. The Morgan fingerprint density at radius 2 is 1.93 bits per heavy atom. The number of hydrogen-bond acceptors (Lipinski definition) is 5. The third-order valence-electron chi connectivity index (χ3n) is 4.94. The highest BCUT2D eigenvalue weighted by molar-refractivity contribution is 5.84. The van der Waals surface area contributed by atoms with Gasteiger partial charge in [-0.1, -0.05) is 6.07 Å². The molecular weight excluding hydrogens is 369 g/mol. The summed E-state index contributed by atoms with van der Waals surface area (Å²) < 4.78 is 18.7. The maximum Gasteiger partial charge on any atom is 0.193 e. The van der Waals surface area contributed by atoms with Crippen molar-refractivity contribution in [3.63, 3.8) is 0 Å². The molecule has 1 atom stereocenters. The van der Waals surface area contributed by atoms with Crippen molar-refractivity contribution in [2.24, 2.45) is 0 Å². The Labute approximate surface area is 165 Å². The quantitative estimate of drug-likeness (QED) is 0.467. The van der Waals surface area contributed by atoms with E-state index in [1.54, 1.807) is 18.2 Å². The molecule has 0 saturated carbocycles. The molecule has 0 fully saturated rings. The maximum atomic E-state index is 15.4. The van der Waals surface area contributed by atoms with Crippen molar-refractivity contribution in [3.8, 4) is 11.1 Å². The summed E-state index contributed by atoms with van der Waals surface area (Å²) in [6.07, 6.45) is 4.14. The van der Waals surface area contributed by atoms with Crippen molar-refractivity contribution < 1.29 is 4.39 Å². The first kappa shape index (κ1) is 17.4. The zero-order chi connectivity index (χ0) is 20.0. The van der Waals surface area contributed by atoms with Crippen LogP contribution in [0.2, 0.25) is 0 Å². The van der Waals surface area contributed by atoms with Crippen LogP contribution < -0.4 is 0 Å². The standard InChI is InChI=1S/C21H18FN7/c1-3-28-12-17(11-24-28)16-9-15-8-14(5-6-18(15)23-10-16)20(22)21-26-25-19-7-4-13(2)27-29(19)21/h4-12,20H,3H2,1-2H3. The van der Waals surface area contributed by atoms with Gasteiger partial charge in [0.2, 0.25) is 0 Å². The van der Waals surface area contributed by atoms with E-state index in [1.165, 1.54) is 4.52 Å². The number of benzene rings is 1. The topological polar surface area (TPSA) is 73.8 Å². The Kier molecular flexibility index (Phi) is 4.04. The van der Waals surface area contributed by atoms with E-state index in [0.717, 1.165) is 34.3 Å². The number of fused-ring (bicyclic) bond motifs is 2. The van der Waals surface area contributed by atoms with Gasteiger partial charge < -0.3 is 0 Å². The van der Waals surface area contributed by atoms with Gasteiger partial charge in [-0.25, -0.2) is 4.39 Å². The number of aromatic nitrogens is 7. The Hall–Kier alpha value is -3.68. The molecule has 0 N–H and O–H groups in total. The van der Waals surface area contributed by atoms with Crippen molar-refractivity contribution in [1.82, 2.24) is 34.6 Å². The maximum absolute atomic E-state index is 15.4. The van der Waals surface area contributed by atoms with Crippen molar-refractivity contribution in [3.05, 3.63) is 72.1 Å². The highest BCUT2D eigenvalue weighted by Crippen LogP contribution is 2.29. The van der Waals surface area contributed by atoms with Crippen LogP contribution in [0.15, 0.2) is 55.0 Å². The summed E-state index contributed by atoms with van der Waals surface area (Å²) in [4.78, 5) is 4.51. The molecule has 4 aromatic heterocycles. The molecule has 1 unspecified atom stereocenters. The molecule has 8 heteroatoms. The molecule has 0 aliphatic carbocycles.